The van der Waals surface area contributed by atoms with Crippen molar-refractivity contribution >= 4 is 17.4 Å². The quantitative estimate of drug-likeness (QED) is 0.607. The van der Waals surface area contributed by atoms with Crippen molar-refractivity contribution in [3.05, 3.63) is 34.9 Å². The number of hydrogen-bond donors (Lipinski definition) is 0. The largest absolute Gasteiger partial charge is 0.416 e. The lowest BCUT2D eigenvalue weighted by Gasteiger charge is -2.13. The molecule has 0 radical (unpaired) electrons. The molecule has 1 aromatic rings. The first kappa shape index (κ1) is 15.8. The summed E-state index contributed by atoms with van der Waals surface area (Å²) in [4.78, 5) is 11.0. The van der Waals surface area contributed by atoms with Crippen molar-refractivity contribution in [1.82, 2.24) is 0 Å². The number of Topliss-reactive ketones (excluding diaryl/α,β-unsaturated/α-hetero) is 1. The molecule has 0 amide bonds. The second-order valence-corrected chi connectivity index (χ2v) is 4.03. The normalized spacial score (nSPS) is 12.6. The average Bonchev–Trinajstić information content (AvgIpc) is 2.26. The van der Waals surface area contributed by atoms with Crippen LogP contribution in [0.1, 0.15) is 16.7 Å². The summed E-state index contributed by atoms with van der Waals surface area (Å²) in [6.45, 7) is 0. The topological polar surface area (TPSA) is 17.1 Å². The van der Waals surface area contributed by atoms with Crippen molar-refractivity contribution < 1.29 is 31.1 Å². The van der Waals surface area contributed by atoms with Crippen molar-refractivity contribution in [3.63, 3.8) is 0 Å². The summed E-state index contributed by atoms with van der Waals surface area (Å²) in [6, 6.07) is 1.04. The van der Waals surface area contributed by atoms with Crippen LogP contribution in [0.5, 0.6) is 0 Å². The van der Waals surface area contributed by atoms with Gasteiger partial charge in [-0.3, -0.25) is 4.79 Å². The number of carbonyl (C=O) groups is 1. The van der Waals surface area contributed by atoms with Gasteiger partial charge in [0.2, 0.25) is 0 Å². The van der Waals surface area contributed by atoms with Crippen LogP contribution in [0, 0.1) is 0 Å². The molecule has 0 aliphatic rings. The lowest BCUT2D eigenvalue weighted by atomic mass is 10.0. The highest BCUT2D eigenvalue weighted by molar-refractivity contribution is 6.27. The fourth-order valence-electron chi connectivity index (χ4n) is 1.40. The second-order valence-electron chi connectivity index (χ2n) is 3.76. The molecular formula is C11H7ClF6O. The Balaban J connectivity index is 3.29. The third-order valence-corrected chi connectivity index (χ3v) is 2.50. The third kappa shape index (κ3) is 4.41. The van der Waals surface area contributed by atoms with E-state index in [1.165, 1.54) is 0 Å². The summed E-state index contributed by atoms with van der Waals surface area (Å²) in [5.74, 6) is -1.13. The summed E-state index contributed by atoms with van der Waals surface area (Å²) in [5.41, 5.74) is -3.26. The van der Waals surface area contributed by atoms with Crippen molar-refractivity contribution in [3.8, 4) is 0 Å². The van der Waals surface area contributed by atoms with E-state index in [1.807, 2.05) is 0 Å². The number of alkyl halides is 7. The Bertz CT molecular complexity index is 445. The van der Waals surface area contributed by atoms with E-state index in [4.69, 9.17) is 11.6 Å². The molecule has 0 saturated carbocycles. The SMILES string of the molecule is O=C(CCl)Cc1cc(C(F)(F)F)cc(C(F)(F)F)c1. The third-order valence-electron chi connectivity index (χ3n) is 2.20. The monoisotopic (exact) mass is 304 g/mol. The first-order valence-electron chi connectivity index (χ1n) is 4.90. The summed E-state index contributed by atoms with van der Waals surface area (Å²) >= 11 is 5.17. The van der Waals surface area contributed by atoms with Crippen LogP contribution in [0.4, 0.5) is 26.3 Å². The number of benzene rings is 1. The lowest BCUT2D eigenvalue weighted by Crippen LogP contribution is -2.13. The smallest absolute Gasteiger partial charge is 0.298 e. The summed E-state index contributed by atoms with van der Waals surface area (Å²) in [5, 5.41) is 0. The molecule has 0 bridgehead atoms. The first-order valence-corrected chi connectivity index (χ1v) is 5.43. The molecule has 19 heavy (non-hydrogen) atoms. The molecule has 1 aromatic carbocycles. The molecule has 0 N–H and O–H groups in total. The van der Waals surface area contributed by atoms with Gasteiger partial charge in [-0.15, -0.1) is 11.6 Å². The zero-order chi connectivity index (χ0) is 14.8. The van der Waals surface area contributed by atoms with Gasteiger partial charge in [-0.05, 0) is 23.8 Å². The van der Waals surface area contributed by atoms with Gasteiger partial charge in [0, 0.05) is 6.42 Å². The summed E-state index contributed by atoms with van der Waals surface area (Å²) in [6.07, 6.45) is -10.4. The molecule has 0 aliphatic heterocycles. The van der Waals surface area contributed by atoms with Crippen LogP contribution in [0.25, 0.3) is 0 Å². The van der Waals surface area contributed by atoms with Gasteiger partial charge in [0.25, 0.3) is 0 Å². The fraction of sp³-hybridized carbons (Fsp3) is 0.364. The molecule has 106 valence electrons. The minimum Gasteiger partial charge on any atom is -0.298 e. The molecule has 1 nitrogen and oxygen atoms in total. The van der Waals surface area contributed by atoms with Gasteiger partial charge in [-0.2, -0.15) is 26.3 Å². The molecule has 0 atom stereocenters. The maximum atomic E-state index is 12.5. The molecule has 0 unspecified atom stereocenters. The van der Waals surface area contributed by atoms with Gasteiger partial charge in [0.05, 0.1) is 17.0 Å². The predicted octanol–water partition coefficient (Wildman–Crippen LogP) is 4.07. The number of ketones is 1. The van der Waals surface area contributed by atoms with Crippen molar-refractivity contribution in [1.29, 1.82) is 0 Å². The molecule has 0 aliphatic carbocycles. The van der Waals surface area contributed by atoms with Gasteiger partial charge >= 0.3 is 12.4 Å². The molecule has 0 heterocycles. The first-order chi connectivity index (χ1) is 8.54. The van der Waals surface area contributed by atoms with Crippen LogP contribution in [-0.4, -0.2) is 11.7 Å². The predicted molar refractivity (Wildman–Crippen MR) is 55.9 cm³/mol. The maximum absolute atomic E-state index is 12.5. The van der Waals surface area contributed by atoms with Crippen LogP contribution in [-0.2, 0) is 23.6 Å². The highest BCUT2D eigenvalue weighted by atomic mass is 35.5. The van der Waals surface area contributed by atoms with E-state index in [0.717, 1.165) is 0 Å². The van der Waals surface area contributed by atoms with E-state index < -0.39 is 41.6 Å². The minimum atomic E-state index is -4.92. The Morgan fingerprint density at radius 1 is 0.947 bits per heavy atom. The van der Waals surface area contributed by atoms with E-state index in [2.05, 4.69) is 0 Å². The molecule has 1 rings (SSSR count). The zero-order valence-corrected chi connectivity index (χ0v) is 9.96. The van der Waals surface area contributed by atoms with Gasteiger partial charge in [0.15, 0.2) is 5.78 Å². The van der Waals surface area contributed by atoms with Gasteiger partial charge in [0.1, 0.15) is 0 Å². The van der Waals surface area contributed by atoms with Crippen LogP contribution >= 0.6 is 11.6 Å². The van der Waals surface area contributed by atoms with E-state index in [1.54, 1.807) is 0 Å². The van der Waals surface area contributed by atoms with Crippen molar-refractivity contribution in [2.24, 2.45) is 0 Å². The second kappa shape index (κ2) is 5.40. The van der Waals surface area contributed by atoms with Crippen LogP contribution in [0.15, 0.2) is 18.2 Å². The van der Waals surface area contributed by atoms with Crippen LogP contribution in [0.2, 0.25) is 0 Å². The Morgan fingerprint density at radius 2 is 1.37 bits per heavy atom. The summed E-state index contributed by atoms with van der Waals surface area (Å²) in [7, 11) is 0. The molecule has 0 fully saturated rings. The highest BCUT2D eigenvalue weighted by Gasteiger charge is 2.36. The molecule has 0 spiro atoms. The van der Waals surface area contributed by atoms with Gasteiger partial charge < -0.3 is 0 Å². The number of carbonyl (C=O) groups excluding carboxylic acids is 1. The van der Waals surface area contributed by atoms with Crippen molar-refractivity contribution in [2.45, 2.75) is 18.8 Å². The number of rotatable bonds is 3. The van der Waals surface area contributed by atoms with E-state index in [-0.39, 0.29) is 11.6 Å². The Labute approximate surface area is 109 Å². The Kier molecular flexibility index (Phi) is 4.50. The fourth-order valence-corrected chi connectivity index (χ4v) is 1.49. The van der Waals surface area contributed by atoms with E-state index in [0.29, 0.717) is 12.1 Å². The standard InChI is InChI=1S/C11H7ClF6O/c12-5-9(19)3-6-1-7(10(13,14)15)4-8(2-6)11(16,17)18/h1-2,4H,3,5H2. The van der Waals surface area contributed by atoms with Crippen LogP contribution < -0.4 is 0 Å². The number of halogens is 7. The molecular weight excluding hydrogens is 298 g/mol. The van der Waals surface area contributed by atoms with E-state index >= 15 is 0 Å². The molecule has 0 aromatic heterocycles. The van der Waals surface area contributed by atoms with E-state index in [9.17, 15) is 31.1 Å². The number of hydrogen-bond acceptors (Lipinski definition) is 1. The van der Waals surface area contributed by atoms with Gasteiger partial charge in [-0.25, -0.2) is 0 Å². The molecule has 8 heteroatoms. The average molecular weight is 305 g/mol. The lowest BCUT2D eigenvalue weighted by molar-refractivity contribution is -0.143. The van der Waals surface area contributed by atoms with Crippen LogP contribution in [0.3, 0.4) is 0 Å². The zero-order valence-electron chi connectivity index (χ0n) is 9.20. The maximum Gasteiger partial charge on any atom is 0.416 e. The minimum absolute atomic E-state index is 0.00860. The highest BCUT2D eigenvalue weighted by Crippen LogP contribution is 2.36. The Hall–Kier alpha value is -1.24. The van der Waals surface area contributed by atoms with Crippen molar-refractivity contribution in [2.75, 3.05) is 5.88 Å². The van der Waals surface area contributed by atoms with Gasteiger partial charge in [-0.1, -0.05) is 0 Å². The Morgan fingerprint density at radius 3 is 1.68 bits per heavy atom. The summed E-state index contributed by atoms with van der Waals surface area (Å²) < 4.78 is 74.9. The molecule has 0 saturated heterocycles.